The molecule has 0 saturated carbocycles. The van der Waals surface area contributed by atoms with E-state index in [1.165, 1.54) is 12.5 Å². The van der Waals surface area contributed by atoms with Crippen molar-refractivity contribution in [2.75, 3.05) is 43.1 Å². The van der Waals surface area contributed by atoms with E-state index in [1.807, 2.05) is 48.5 Å². The van der Waals surface area contributed by atoms with E-state index in [2.05, 4.69) is 24.1 Å². The number of esters is 1. The van der Waals surface area contributed by atoms with E-state index in [0.29, 0.717) is 30.6 Å². The Balaban J connectivity index is 1.43. The van der Waals surface area contributed by atoms with E-state index in [1.54, 1.807) is 0 Å². The Kier molecular flexibility index (Phi) is 7.89. The van der Waals surface area contributed by atoms with Gasteiger partial charge in [0.15, 0.2) is 12.7 Å². The van der Waals surface area contributed by atoms with Crippen molar-refractivity contribution in [1.29, 1.82) is 0 Å². The van der Waals surface area contributed by atoms with Gasteiger partial charge < -0.3 is 24.4 Å². The van der Waals surface area contributed by atoms with E-state index in [9.17, 15) is 9.59 Å². The molecule has 0 unspecified atom stereocenters. The van der Waals surface area contributed by atoms with Gasteiger partial charge in [0.2, 0.25) is 0 Å². The lowest BCUT2D eigenvalue weighted by Crippen LogP contribution is -2.36. The van der Waals surface area contributed by atoms with E-state index in [4.69, 9.17) is 14.2 Å². The van der Waals surface area contributed by atoms with Crippen molar-refractivity contribution >= 4 is 23.3 Å². The molecule has 0 radical (unpaired) electrons. The quantitative estimate of drug-likeness (QED) is 0.650. The highest BCUT2D eigenvalue weighted by molar-refractivity contribution is 5.95. The molecule has 1 heterocycles. The number of carbonyl (C=O) groups is 2. The monoisotopic (exact) mass is 426 g/mol. The molecule has 7 nitrogen and oxygen atoms in total. The third-order valence-corrected chi connectivity index (χ3v) is 5.09. The molecular weight excluding hydrogens is 396 g/mol. The van der Waals surface area contributed by atoms with Crippen LogP contribution in [0.3, 0.4) is 0 Å². The number of hydrogen-bond acceptors (Lipinski definition) is 6. The Labute approximate surface area is 183 Å². The predicted octanol–water partition coefficient (Wildman–Crippen LogP) is 3.60. The first-order chi connectivity index (χ1) is 14.9. The number of amides is 1. The standard InChI is InChI=1S/C24H30N2O5/c1-17(2)19-4-10-22(11-5-19)30-16-23(27)31-18(3)24(28)25-20-6-8-21(9-7-20)26-12-14-29-15-13-26/h4-11,17-18H,12-16H2,1-3H3,(H,25,28)/t18-/m1/s1. The second-order valence-electron chi connectivity index (χ2n) is 7.78. The molecule has 1 fully saturated rings. The van der Waals surface area contributed by atoms with Gasteiger partial charge in [-0.15, -0.1) is 0 Å². The number of hydrogen-bond donors (Lipinski definition) is 1. The third-order valence-electron chi connectivity index (χ3n) is 5.09. The number of ether oxygens (including phenoxy) is 3. The van der Waals surface area contributed by atoms with Crippen LogP contribution in [0.2, 0.25) is 0 Å². The largest absolute Gasteiger partial charge is 0.482 e. The second-order valence-corrected chi connectivity index (χ2v) is 7.78. The maximum atomic E-state index is 12.4. The van der Waals surface area contributed by atoms with Crippen LogP contribution < -0.4 is 15.0 Å². The average molecular weight is 427 g/mol. The molecule has 0 spiro atoms. The molecule has 0 aromatic heterocycles. The third kappa shape index (κ3) is 6.72. The summed E-state index contributed by atoms with van der Waals surface area (Å²) in [6.45, 7) is 8.63. The molecule has 0 aliphatic carbocycles. The normalized spacial score (nSPS) is 14.8. The number of nitrogens with zero attached hydrogens (tertiary/aromatic N) is 1. The fourth-order valence-corrected chi connectivity index (χ4v) is 3.20. The minimum absolute atomic E-state index is 0.257. The zero-order valence-corrected chi connectivity index (χ0v) is 18.3. The van der Waals surface area contributed by atoms with Gasteiger partial charge in [-0.2, -0.15) is 0 Å². The van der Waals surface area contributed by atoms with Gasteiger partial charge in [0, 0.05) is 24.5 Å². The van der Waals surface area contributed by atoms with Gasteiger partial charge in [-0.3, -0.25) is 4.79 Å². The Bertz CT molecular complexity index is 859. The number of morpholine rings is 1. The summed E-state index contributed by atoms with van der Waals surface area (Å²) >= 11 is 0. The molecule has 1 atom stereocenters. The summed E-state index contributed by atoms with van der Waals surface area (Å²) in [4.78, 5) is 26.6. The van der Waals surface area contributed by atoms with Crippen molar-refractivity contribution in [3.63, 3.8) is 0 Å². The van der Waals surface area contributed by atoms with E-state index >= 15 is 0 Å². The van der Waals surface area contributed by atoms with Crippen LogP contribution in [0.25, 0.3) is 0 Å². The van der Waals surface area contributed by atoms with Crippen LogP contribution in [0.5, 0.6) is 5.75 Å². The number of rotatable bonds is 8. The first-order valence-corrected chi connectivity index (χ1v) is 10.6. The molecule has 3 rings (SSSR count). The summed E-state index contributed by atoms with van der Waals surface area (Å²) in [6.07, 6.45) is -0.932. The summed E-state index contributed by atoms with van der Waals surface area (Å²) in [5.41, 5.74) is 2.92. The summed E-state index contributed by atoms with van der Waals surface area (Å²) in [5.74, 6) is 0.0137. The average Bonchev–Trinajstić information content (AvgIpc) is 2.79. The fraction of sp³-hybridized carbons (Fsp3) is 0.417. The molecule has 1 saturated heterocycles. The van der Waals surface area contributed by atoms with Crippen LogP contribution in [0.15, 0.2) is 48.5 Å². The zero-order valence-electron chi connectivity index (χ0n) is 18.3. The first kappa shape index (κ1) is 22.6. The van der Waals surface area contributed by atoms with Crippen molar-refractivity contribution in [3.8, 4) is 5.75 Å². The van der Waals surface area contributed by atoms with Gasteiger partial charge >= 0.3 is 5.97 Å². The van der Waals surface area contributed by atoms with Crippen molar-refractivity contribution < 1.29 is 23.8 Å². The van der Waals surface area contributed by atoms with Gasteiger partial charge in [-0.25, -0.2) is 4.79 Å². The first-order valence-electron chi connectivity index (χ1n) is 10.6. The molecule has 0 bridgehead atoms. The van der Waals surface area contributed by atoms with Crippen LogP contribution in [0.1, 0.15) is 32.3 Å². The van der Waals surface area contributed by atoms with Crippen molar-refractivity contribution in [3.05, 3.63) is 54.1 Å². The molecule has 7 heteroatoms. The van der Waals surface area contributed by atoms with Gasteiger partial charge in [0.1, 0.15) is 5.75 Å². The lowest BCUT2D eigenvalue weighted by atomic mass is 10.0. The molecule has 31 heavy (non-hydrogen) atoms. The van der Waals surface area contributed by atoms with Crippen LogP contribution in [0, 0.1) is 0 Å². The fourth-order valence-electron chi connectivity index (χ4n) is 3.20. The summed E-state index contributed by atoms with van der Waals surface area (Å²) in [6, 6.07) is 15.1. The predicted molar refractivity (Wildman–Crippen MR) is 120 cm³/mol. The topological polar surface area (TPSA) is 77.1 Å². The number of anilines is 2. The molecule has 1 aliphatic rings. The molecular formula is C24H30N2O5. The summed E-state index contributed by atoms with van der Waals surface area (Å²) < 4.78 is 16.0. The maximum absolute atomic E-state index is 12.4. The van der Waals surface area contributed by atoms with Gasteiger partial charge in [-0.05, 0) is 54.8 Å². The molecule has 1 N–H and O–H groups in total. The zero-order chi connectivity index (χ0) is 22.2. The maximum Gasteiger partial charge on any atom is 0.344 e. The van der Waals surface area contributed by atoms with Gasteiger partial charge in [0.25, 0.3) is 5.91 Å². The van der Waals surface area contributed by atoms with Crippen LogP contribution in [-0.2, 0) is 19.1 Å². The summed E-state index contributed by atoms with van der Waals surface area (Å²) in [5, 5.41) is 2.77. The molecule has 2 aromatic rings. The lowest BCUT2D eigenvalue weighted by Gasteiger charge is -2.28. The van der Waals surface area contributed by atoms with Gasteiger partial charge in [0.05, 0.1) is 13.2 Å². The highest BCUT2D eigenvalue weighted by Gasteiger charge is 2.19. The molecule has 1 aliphatic heterocycles. The Morgan fingerprint density at radius 3 is 2.26 bits per heavy atom. The smallest absolute Gasteiger partial charge is 0.344 e. The van der Waals surface area contributed by atoms with Crippen molar-refractivity contribution in [2.24, 2.45) is 0 Å². The lowest BCUT2D eigenvalue weighted by molar-refractivity contribution is -0.155. The van der Waals surface area contributed by atoms with E-state index < -0.39 is 18.0 Å². The minimum Gasteiger partial charge on any atom is -0.482 e. The minimum atomic E-state index is -0.932. The Hall–Kier alpha value is -3.06. The SMILES string of the molecule is CC(C)c1ccc(OCC(=O)O[C@H](C)C(=O)Nc2ccc(N3CCOCC3)cc2)cc1. The molecule has 166 valence electrons. The molecule has 1 amide bonds. The second kappa shape index (κ2) is 10.8. The Morgan fingerprint density at radius 2 is 1.65 bits per heavy atom. The highest BCUT2D eigenvalue weighted by Crippen LogP contribution is 2.20. The Morgan fingerprint density at radius 1 is 1.00 bits per heavy atom. The number of carbonyl (C=O) groups excluding carboxylic acids is 2. The van der Waals surface area contributed by atoms with E-state index in [-0.39, 0.29) is 6.61 Å². The van der Waals surface area contributed by atoms with Crippen LogP contribution in [0.4, 0.5) is 11.4 Å². The van der Waals surface area contributed by atoms with E-state index in [0.717, 1.165) is 18.8 Å². The number of benzene rings is 2. The van der Waals surface area contributed by atoms with Gasteiger partial charge in [-0.1, -0.05) is 26.0 Å². The van der Waals surface area contributed by atoms with Crippen molar-refractivity contribution in [2.45, 2.75) is 32.8 Å². The van der Waals surface area contributed by atoms with Crippen LogP contribution >= 0.6 is 0 Å². The summed E-state index contributed by atoms with van der Waals surface area (Å²) in [7, 11) is 0. The molecule has 2 aromatic carbocycles. The number of nitrogens with one attached hydrogen (secondary N) is 1. The van der Waals surface area contributed by atoms with Crippen molar-refractivity contribution in [1.82, 2.24) is 0 Å². The van der Waals surface area contributed by atoms with Crippen LogP contribution in [-0.4, -0.2) is 50.9 Å². The highest BCUT2D eigenvalue weighted by atomic mass is 16.6.